The van der Waals surface area contributed by atoms with Crippen molar-refractivity contribution in [1.29, 1.82) is 0 Å². The first-order valence-corrected chi connectivity index (χ1v) is 7.32. The van der Waals surface area contributed by atoms with E-state index in [-0.39, 0.29) is 12.6 Å². The predicted octanol–water partition coefficient (Wildman–Crippen LogP) is 2.28. The van der Waals surface area contributed by atoms with E-state index in [1.165, 1.54) is 16.8 Å². The van der Waals surface area contributed by atoms with Gasteiger partial charge in [0, 0.05) is 24.8 Å². The van der Waals surface area contributed by atoms with E-state index in [1.54, 1.807) is 0 Å². The summed E-state index contributed by atoms with van der Waals surface area (Å²) in [5.74, 6) is 0.527. The molecule has 1 aromatic rings. The number of anilines is 1. The molecule has 1 saturated heterocycles. The van der Waals surface area contributed by atoms with Crippen molar-refractivity contribution >= 4 is 5.69 Å². The van der Waals surface area contributed by atoms with E-state index in [2.05, 4.69) is 49.2 Å². The van der Waals surface area contributed by atoms with Crippen LogP contribution in [0.4, 0.5) is 5.69 Å². The molecule has 0 amide bonds. The Hall–Kier alpha value is -1.06. The van der Waals surface area contributed by atoms with Gasteiger partial charge in [0.1, 0.15) is 0 Å². The Kier molecular flexibility index (Phi) is 4.83. The van der Waals surface area contributed by atoms with Crippen LogP contribution < -0.4 is 10.2 Å². The maximum absolute atomic E-state index is 9.44. The molecule has 0 aliphatic carbocycles. The summed E-state index contributed by atoms with van der Waals surface area (Å²) in [6.07, 6.45) is 1.13. The fourth-order valence-corrected chi connectivity index (χ4v) is 2.90. The van der Waals surface area contributed by atoms with Crippen LogP contribution in [0.15, 0.2) is 18.2 Å². The number of aliphatic hydroxyl groups excluding tert-OH is 1. The summed E-state index contributed by atoms with van der Waals surface area (Å²) in [4.78, 5) is 2.45. The molecule has 0 radical (unpaired) electrons. The van der Waals surface area contributed by atoms with E-state index in [1.807, 2.05) is 0 Å². The van der Waals surface area contributed by atoms with Gasteiger partial charge in [-0.25, -0.2) is 0 Å². The highest BCUT2D eigenvalue weighted by molar-refractivity contribution is 5.60. The van der Waals surface area contributed by atoms with Gasteiger partial charge in [-0.15, -0.1) is 0 Å². The maximum Gasteiger partial charge on any atom is 0.0601 e. The van der Waals surface area contributed by atoms with Gasteiger partial charge in [0.05, 0.1) is 6.61 Å². The number of nitrogens with one attached hydrogen (secondary N) is 1. The van der Waals surface area contributed by atoms with Crippen molar-refractivity contribution in [3.8, 4) is 0 Å². The molecule has 0 spiro atoms. The second-order valence-electron chi connectivity index (χ2n) is 5.80. The molecule has 1 atom stereocenters. The van der Waals surface area contributed by atoms with Crippen molar-refractivity contribution in [2.75, 3.05) is 31.1 Å². The molecule has 3 nitrogen and oxygen atoms in total. The van der Waals surface area contributed by atoms with Crippen LogP contribution in [-0.4, -0.2) is 37.4 Å². The van der Waals surface area contributed by atoms with Crippen molar-refractivity contribution in [3.63, 3.8) is 0 Å². The number of benzene rings is 1. The fraction of sp³-hybridized carbons (Fsp3) is 0.625. The van der Waals surface area contributed by atoms with Crippen molar-refractivity contribution in [2.24, 2.45) is 0 Å². The van der Waals surface area contributed by atoms with Crippen LogP contribution in [0, 0.1) is 6.92 Å². The third-order valence-electron chi connectivity index (χ3n) is 3.91. The summed E-state index contributed by atoms with van der Waals surface area (Å²) in [6.45, 7) is 9.84. The maximum atomic E-state index is 9.44. The molecule has 1 aliphatic heterocycles. The predicted molar refractivity (Wildman–Crippen MR) is 81.0 cm³/mol. The highest BCUT2D eigenvalue weighted by Crippen LogP contribution is 2.31. The number of para-hydroxylation sites is 1. The van der Waals surface area contributed by atoms with Gasteiger partial charge in [-0.05, 0) is 36.9 Å². The first-order chi connectivity index (χ1) is 9.13. The fourth-order valence-electron chi connectivity index (χ4n) is 2.90. The van der Waals surface area contributed by atoms with Gasteiger partial charge >= 0.3 is 0 Å². The van der Waals surface area contributed by atoms with E-state index in [4.69, 9.17) is 0 Å². The summed E-state index contributed by atoms with van der Waals surface area (Å²) in [6, 6.07) is 6.75. The zero-order valence-electron chi connectivity index (χ0n) is 12.3. The molecule has 1 aliphatic rings. The Balaban J connectivity index is 2.33. The highest BCUT2D eigenvalue weighted by atomic mass is 16.3. The molecule has 1 heterocycles. The Morgan fingerprint density at radius 2 is 2.21 bits per heavy atom. The van der Waals surface area contributed by atoms with Crippen molar-refractivity contribution in [3.05, 3.63) is 29.3 Å². The first-order valence-electron chi connectivity index (χ1n) is 7.32. The molecule has 2 N–H and O–H groups in total. The Morgan fingerprint density at radius 3 is 2.89 bits per heavy atom. The van der Waals surface area contributed by atoms with E-state index in [9.17, 15) is 5.11 Å². The molecule has 19 heavy (non-hydrogen) atoms. The van der Waals surface area contributed by atoms with Gasteiger partial charge in [0.15, 0.2) is 0 Å². The minimum atomic E-state index is 0.183. The lowest BCUT2D eigenvalue weighted by atomic mass is 9.97. The third-order valence-corrected chi connectivity index (χ3v) is 3.91. The molecule has 0 saturated carbocycles. The van der Waals surface area contributed by atoms with Gasteiger partial charge in [-0.2, -0.15) is 0 Å². The monoisotopic (exact) mass is 262 g/mol. The second-order valence-corrected chi connectivity index (χ2v) is 5.80. The van der Waals surface area contributed by atoms with Gasteiger partial charge in [0.2, 0.25) is 0 Å². The van der Waals surface area contributed by atoms with Gasteiger partial charge in [-0.1, -0.05) is 32.0 Å². The number of hydrogen-bond acceptors (Lipinski definition) is 3. The van der Waals surface area contributed by atoms with Crippen LogP contribution in [0.25, 0.3) is 0 Å². The second kappa shape index (κ2) is 6.40. The molecular weight excluding hydrogens is 236 g/mol. The lowest BCUT2D eigenvalue weighted by Crippen LogP contribution is -2.40. The molecule has 1 aromatic carbocycles. The molecule has 3 heteroatoms. The van der Waals surface area contributed by atoms with Gasteiger partial charge in [-0.3, -0.25) is 0 Å². The largest absolute Gasteiger partial charge is 0.395 e. The van der Waals surface area contributed by atoms with E-state index >= 15 is 0 Å². The van der Waals surface area contributed by atoms with Crippen molar-refractivity contribution in [2.45, 2.75) is 39.2 Å². The van der Waals surface area contributed by atoms with Crippen LogP contribution in [0.1, 0.15) is 37.3 Å². The molecule has 0 bridgehead atoms. The third kappa shape index (κ3) is 3.28. The summed E-state index contributed by atoms with van der Waals surface area (Å²) in [5.41, 5.74) is 4.13. The smallest absolute Gasteiger partial charge is 0.0601 e. The molecule has 0 aromatic heterocycles. The summed E-state index contributed by atoms with van der Waals surface area (Å²) < 4.78 is 0. The van der Waals surface area contributed by atoms with Crippen LogP contribution in [0.2, 0.25) is 0 Å². The SMILES string of the molecule is Cc1cccc(C(C)C)c1N1CCCNC(CO)C1. The van der Waals surface area contributed by atoms with Gasteiger partial charge < -0.3 is 15.3 Å². The zero-order valence-corrected chi connectivity index (χ0v) is 12.3. The average molecular weight is 262 g/mol. The van der Waals surface area contributed by atoms with Crippen LogP contribution >= 0.6 is 0 Å². The number of nitrogens with zero attached hydrogens (tertiary/aromatic N) is 1. The number of hydrogen-bond donors (Lipinski definition) is 2. The van der Waals surface area contributed by atoms with E-state index in [0.717, 1.165) is 26.1 Å². The Morgan fingerprint density at radius 1 is 1.42 bits per heavy atom. The molecular formula is C16H26N2O. The normalized spacial score (nSPS) is 20.7. The lowest BCUT2D eigenvalue weighted by molar-refractivity contribution is 0.248. The molecule has 106 valence electrons. The first kappa shape index (κ1) is 14.4. The number of rotatable bonds is 3. The minimum Gasteiger partial charge on any atom is -0.395 e. The van der Waals surface area contributed by atoms with Crippen LogP contribution in [0.5, 0.6) is 0 Å². The van der Waals surface area contributed by atoms with Crippen LogP contribution in [-0.2, 0) is 0 Å². The zero-order chi connectivity index (χ0) is 13.8. The molecule has 2 rings (SSSR count). The number of aliphatic hydroxyl groups is 1. The highest BCUT2D eigenvalue weighted by Gasteiger charge is 2.21. The number of aryl methyl sites for hydroxylation is 1. The summed E-state index contributed by atoms with van der Waals surface area (Å²) in [7, 11) is 0. The quantitative estimate of drug-likeness (QED) is 0.877. The average Bonchev–Trinajstić information content (AvgIpc) is 2.63. The van der Waals surface area contributed by atoms with Gasteiger partial charge in [0.25, 0.3) is 0 Å². The molecule has 1 fully saturated rings. The van der Waals surface area contributed by atoms with Crippen molar-refractivity contribution in [1.82, 2.24) is 5.32 Å². The molecule has 1 unspecified atom stereocenters. The van der Waals surface area contributed by atoms with E-state index < -0.39 is 0 Å². The topological polar surface area (TPSA) is 35.5 Å². The minimum absolute atomic E-state index is 0.183. The summed E-state index contributed by atoms with van der Waals surface area (Å²) >= 11 is 0. The standard InChI is InChI=1S/C16H26N2O/c1-12(2)15-7-4-6-13(3)16(15)18-9-5-8-17-14(10-18)11-19/h4,6-7,12,14,17,19H,5,8-11H2,1-3H3. The summed E-state index contributed by atoms with van der Waals surface area (Å²) in [5, 5.41) is 12.8. The van der Waals surface area contributed by atoms with Crippen LogP contribution in [0.3, 0.4) is 0 Å². The van der Waals surface area contributed by atoms with Crippen molar-refractivity contribution < 1.29 is 5.11 Å². The van der Waals surface area contributed by atoms with E-state index in [0.29, 0.717) is 5.92 Å². The Bertz CT molecular complexity index is 417. The lowest BCUT2D eigenvalue weighted by Gasteiger charge is -2.30. The Labute approximate surface area is 116 Å².